The molecule has 0 saturated carbocycles. The number of carbonyl (C=O) groups excluding carboxylic acids is 1. The van der Waals surface area contributed by atoms with Gasteiger partial charge in [-0.2, -0.15) is 0 Å². The number of anilines is 1. The predicted octanol–water partition coefficient (Wildman–Crippen LogP) is 3.59. The number of aliphatic carboxylic acids is 1. The standard InChI is InChI=1S/C27H33N5O4/c1-17(2)13-23-25(26(35)32(18(3)29-23)16-20-7-5-4-6-8-20)31-27(36)30-22(14-24(33)34)21-11-9-19(15-28)10-12-21/h4-12,17,22H,13-16,28H2,1-3H3,(H,33,34)(H2,30,31,36)/t22-/m0/s1. The summed E-state index contributed by atoms with van der Waals surface area (Å²) in [4.78, 5) is 42.7. The van der Waals surface area contributed by atoms with Crippen molar-refractivity contribution in [2.75, 3.05) is 5.32 Å². The van der Waals surface area contributed by atoms with E-state index in [4.69, 9.17) is 5.73 Å². The van der Waals surface area contributed by atoms with Gasteiger partial charge in [-0.05, 0) is 36.0 Å². The van der Waals surface area contributed by atoms with Crippen LogP contribution >= 0.6 is 0 Å². The van der Waals surface area contributed by atoms with Gasteiger partial charge in [-0.15, -0.1) is 0 Å². The van der Waals surface area contributed by atoms with E-state index in [0.717, 1.165) is 11.1 Å². The molecule has 2 aromatic carbocycles. The molecule has 1 aromatic heterocycles. The summed E-state index contributed by atoms with van der Waals surface area (Å²) >= 11 is 0. The number of urea groups is 1. The van der Waals surface area contributed by atoms with Crippen LogP contribution in [-0.2, 0) is 24.3 Å². The van der Waals surface area contributed by atoms with Crippen LogP contribution in [0.5, 0.6) is 0 Å². The highest BCUT2D eigenvalue weighted by Crippen LogP contribution is 2.19. The highest BCUT2D eigenvalue weighted by molar-refractivity contribution is 5.90. The summed E-state index contributed by atoms with van der Waals surface area (Å²) in [6, 6.07) is 15.1. The Morgan fingerprint density at radius 3 is 2.31 bits per heavy atom. The van der Waals surface area contributed by atoms with Crippen LogP contribution in [0.3, 0.4) is 0 Å². The molecule has 0 aliphatic heterocycles. The Morgan fingerprint density at radius 1 is 1.06 bits per heavy atom. The molecule has 0 spiro atoms. The van der Waals surface area contributed by atoms with E-state index < -0.39 is 18.0 Å². The van der Waals surface area contributed by atoms with Crippen LogP contribution in [0.1, 0.15) is 54.5 Å². The van der Waals surface area contributed by atoms with E-state index in [1.165, 1.54) is 4.57 Å². The Labute approximate surface area is 210 Å². The number of hydrogen-bond acceptors (Lipinski definition) is 5. The first kappa shape index (κ1) is 26.6. The summed E-state index contributed by atoms with van der Waals surface area (Å²) in [5.41, 5.74) is 8.31. The van der Waals surface area contributed by atoms with Gasteiger partial charge < -0.3 is 21.5 Å². The molecule has 0 saturated heterocycles. The first-order valence-corrected chi connectivity index (χ1v) is 11.9. The topological polar surface area (TPSA) is 139 Å². The van der Waals surface area contributed by atoms with Gasteiger partial charge in [-0.1, -0.05) is 68.4 Å². The summed E-state index contributed by atoms with van der Waals surface area (Å²) in [5.74, 6) is -0.314. The number of carboxylic acids is 1. The van der Waals surface area contributed by atoms with Crippen molar-refractivity contribution in [1.29, 1.82) is 0 Å². The van der Waals surface area contributed by atoms with Gasteiger partial charge in [0, 0.05) is 6.54 Å². The van der Waals surface area contributed by atoms with Crippen molar-refractivity contribution in [3.8, 4) is 0 Å². The fraction of sp³-hybridized carbons (Fsp3) is 0.333. The minimum absolute atomic E-state index is 0.0929. The molecule has 0 fully saturated rings. The molecular formula is C27H33N5O4. The first-order chi connectivity index (χ1) is 17.2. The molecule has 2 amide bonds. The van der Waals surface area contributed by atoms with Gasteiger partial charge in [0.2, 0.25) is 0 Å². The fourth-order valence-electron chi connectivity index (χ4n) is 3.95. The van der Waals surface area contributed by atoms with E-state index in [9.17, 15) is 19.5 Å². The third-order valence-electron chi connectivity index (χ3n) is 5.76. The molecule has 9 heteroatoms. The summed E-state index contributed by atoms with van der Waals surface area (Å²) in [6.45, 7) is 6.44. The van der Waals surface area contributed by atoms with Crippen molar-refractivity contribution in [3.05, 3.63) is 93.2 Å². The number of nitrogens with one attached hydrogen (secondary N) is 2. The van der Waals surface area contributed by atoms with Crippen LogP contribution in [0, 0.1) is 12.8 Å². The van der Waals surface area contributed by atoms with Gasteiger partial charge in [0.25, 0.3) is 5.56 Å². The highest BCUT2D eigenvalue weighted by atomic mass is 16.4. The van der Waals surface area contributed by atoms with Crippen molar-refractivity contribution in [3.63, 3.8) is 0 Å². The van der Waals surface area contributed by atoms with Gasteiger partial charge in [-0.3, -0.25) is 14.2 Å². The maximum atomic E-state index is 13.5. The van der Waals surface area contributed by atoms with Crippen molar-refractivity contribution in [2.45, 2.75) is 52.7 Å². The average Bonchev–Trinajstić information content (AvgIpc) is 2.84. The quantitative estimate of drug-likeness (QED) is 0.342. The second-order valence-corrected chi connectivity index (χ2v) is 9.15. The van der Waals surface area contributed by atoms with E-state index in [0.29, 0.717) is 36.6 Å². The normalized spacial score (nSPS) is 11.8. The number of rotatable bonds is 10. The molecule has 1 heterocycles. The van der Waals surface area contributed by atoms with Gasteiger partial charge in [0.15, 0.2) is 0 Å². The highest BCUT2D eigenvalue weighted by Gasteiger charge is 2.22. The summed E-state index contributed by atoms with van der Waals surface area (Å²) in [6.07, 6.45) is 0.176. The van der Waals surface area contributed by atoms with Crippen LogP contribution in [0.15, 0.2) is 59.4 Å². The van der Waals surface area contributed by atoms with E-state index >= 15 is 0 Å². The molecule has 1 atom stereocenters. The molecule has 0 aliphatic rings. The molecule has 3 aromatic rings. The zero-order valence-electron chi connectivity index (χ0n) is 20.8. The minimum atomic E-state index is -1.06. The number of benzene rings is 2. The SMILES string of the molecule is Cc1nc(CC(C)C)c(NC(=O)N[C@@H](CC(=O)O)c2ccc(CN)cc2)c(=O)n1Cc1ccccc1. The molecule has 36 heavy (non-hydrogen) atoms. The van der Waals surface area contributed by atoms with Crippen LogP contribution in [0.25, 0.3) is 0 Å². The number of carbonyl (C=O) groups is 2. The lowest BCUT2D eigenvalue weighted by atomic mass is 10.0. The lowest BCUT2D eigenvalue weighted by Crippen LogP contribution is -2.37. The Hall–Kier alpha value is -3.98. The lowest BCUT2D eigenvalue weighted by molar-refractivity contribution is -0.137. The zero-order valence-corrected chi connectivity index (χ0v) is 20.8. The van der Waals surface area contributed by atoms with Crippen molar-refractivity contribution >= 4 is 17.7 Å². The second kappa shape index (κ2) is 12.1. The summed E-state index contributed by atoms with van der Waals surface area (Å²) in [5, 5.41) is 14.8. The molecule has 0 bridgehead atoms. The van der Waals surface area contributed by atoms with E-state index in [2.05, 4.69) is 15.6 Å². The molecule has 3 rings (SSSR count). The number of hydrogen-bond donors (Lipinski definition) is 4. The monoisotopic (exact) mass is 491 g/mol. The number of nitrogens with two attached hydrogens (primary N) is 1. The third kappa shape index (κ3) is 7.02. The molecule has 0 aliphatic carbocycles. The summed E-state index contributed by atoms with van der Waals surface area (Å²) in [7, 11) is 0. The van der Waals surface area contributed by atoms with E-state index in [-0.39, 0.29) is 23.6 Å². The Balaban J connectivity index is 1.92. The Kier molecular flexibility index (Phi) is 8.97. The Morgan fingerprint density at radius 2 is 1.72 bits per heavy atom. The molecular weight excluding hydrogens is 458 g/mol. The molecule has 9 nitrogen and oxygen atoms in total. The van der Waals surface area contributed by atoms with Gasteiger partial charge in [-0.25, -0.2) is 9.78 Å². The first-order valence-electron chi connectivity index (χ1n) is 11.9. The number of carboxylic acid groups (broad SMARTS) is 1. The van der Waals surface area contributed by atoms with Crippen LogP contribution in [0.4, 0.5) is 10.5 Å². The predicted molar refractivity (Wildman–Crippen MR) is 139 cm³/mol. The summed E-state index contributed by atoms with van der Waals surface area (Å²) < 4.78 is 1.52. The molecule has 190 valence electrons. The minimum Gasteiger partial charge on any atom is -0.481 e. The second-order valence-electron chi connectivity index (χ2n) is 9.15. The van der Waals surface area contributed by atoms with Gasteiger partial charge >= 0.3 is 12.0 Å². The van der Waals surface area contributed by atoms with Crippen molar-refractivity contribution in [2.24, 2.45) is 11.7 Å². The zero-order chi connectivity index (χ0) is 26.2. The lowest BCUT2D eigenvalue weighted by Gasteiger charge is -2.20. The molecule has 5 N–H and O–H groups in total. The van der Waals surface area contributed by atoms with E-state index in [1.807, 2.05) is 44.2 Å². The van der Waals surface area contributed by atoms with Crippen LogP contribution in [0.2, 0.25) is 0 Å². The number of aryl methyl sites for hydroxylation is 1. The van der Waals surface area contributed by atoms with Crippen molar-refractivity contribution in [1.82, 2.24) is 14.9 Å². The maximum Gasteiger partial charge on any atom is 0.319 e. The molecule has 0 unspecified atom stereocenters. The number of aromatic nitrogens is 2. The van der Waals surface area contributed by atoms with Gasteiger partial charge in [0.05, 0.1) is 24.7 Å². The third-order valence-corrected chi connectivity index (χ3v) is 5.76. The maximum absolute atomic E-state index is 13.5. The fourth-order valence-corrected chi connectivity index (χ4v) is 3.95. The van der Waals surface area contributed by atoms with Crippen LogP contribution < -0.4 is 21.9 Å². The molecule has 0 radical (unpaired) electrons. The number of amides is 2. The Bertz CT molecular complexity index is 1250. The largest absolute Gasteiger partial charge is 0.481 e. The smallest absolute Gasteiger partial charge is 0.319 e. The van der Waals surface area contributed by atoms with E-state index in [1.54, 1.807) is 31.2 Å². The van der Waals surface area contributed by atoms with Gasteiger partial charge in [0.1, 0.15) is 11.5 Å². The number of nitrogens with zero attached hydrogens (tertiary/aromatic N) is 2. The average molecular weight is 492 g/mol. The van der Waals surface area contributed by atoms with Crippen LogP contribution in [-0.4, -0.2) is 26.7 Å². The van der Waals surface area contributed by atoms with Crippen molar-refractivity contribution < 1.29 is 14.7 Å².